The molecule has 1 aromatic carbocycles. The van der Waals surface area contributed by atoms with Gasteiger partial charge in [0.05, 0.1) is 12.3 Å². The minimum absolute atomic E-state index is 0.0920. The zero-order valence-electron chi connectivity index (χ0n) is 14.6. The number of hydrogen-bond acceptors (Lipinski definition) is 3. The average Bonchev–Trinajstić information content (AvgIpc) is 3.05. The number of thiophene rings is 1. The molecule has 2 heterocycles. The number of carbonyl (C=O) groups excluding carboxylic acids is 1. The fourth-order valence-corrected chi connectivity index (χ4v) is 4.01. The van der Waals surface area contributed by atoms with Crippen molar-refractivity contribution >= 4 is 22.9 Å². The number of hydrogen-bond donors (Lipinski definition) is 0. The second-order valence-electron chi connectivity index (χ2n) is 6.84. The maximum Gasteiger partial charge on any atom is 0.256 e. The molecule has 3 nitrogen and oxygen atoms in total. The van der Waals surface area contributed by atoms with E-state index < -0.39 is 0 Å². The van der Waals surface area contributed by atoms with Crippen molar-refractivity contribution < 1.29 is 9.53 Å². The summed E-state index contributed by atoms with van der Waals surface area (Å²) in [4.78, 5) is 16.1. The standard InChI is InChI=1S/C20H25NO2S/c1-14(2)21(20(22)18-10-9-15(3)12-23-18)17-11-19(24-13-17)16-7-5-4-6-8-16/h4-8,11,13-15,18H,9-10,12H2,1-3H3/t15-,18+/m0/s1. The second-order valence-corrected chi connectivity index (χ2v) is 7.75. The Kier molecular flexibility index (Phi) is 5.36. The first-order valence-electron chi connectivity index (χ1n) is 8.65. The molecule has 3 rings (SSSR count). The van der Waals surface area contributed by atoms with Crippen LogP contribution in [0.2, 0.25) is 0 Å². The lowest BCUT2D eigenvalue weighted by atomic mass is 9.99. The van der Waals surface area contributed by atoms with E-state index in [2.05, 4.69) is 44.4 Å². The van der Waals surface area contributed by atoms with Crippen LogP contribution in [0.15, 0.2) is 41.8 Å². The van der Waals surface area contributed by atoms with E-state index in [4.69, 9.17) is 4.74 Å². The molecule has 0 spiro atoms. The Morgan fingerprint density at radius 1 is 1.25 bits per heavy atom. The summed E-state index contributed by atoms with van der Waals surface area (Å²) in [5, 5.41) is 2.08. The smallest absolute Gasteiger partial charge is 0.256 e. The van der Waals surface area contributed by atoms with Gasteiger partial charge in [-0.3, -0.25) is 4.79 Å². The highest BCUT2D eigenvalue weighted by Crippen LogP contribution is 2.33. The lowest BCUT2D eigenvalue weighted by Gasteiger charge is -2.33. The van der Waals surface area contributed by atoms with Gasteiger partial charge in [-0.2, -0.15) is 0 Å². The lowest BCUT2D eigenvalue weighted by Crippen LogP contribution is -2.46. The zero-order valence-corrected chi connectivity index (χ0v) is 15.4. The minimum Gasteiger partial charge on any atom is -0.368 e. The maximum atomic E-state index is 13.0. The SMILES string of the molecule is CC(C)N(C(=O)[C@H]1CC[C@H](C)CO1)c1csc(-c2ccccc2)c1. The van der Waals surface area contributed by atoms with Gasteiger partial charge in [0.15, 0.2) is 0 Å². The van der Waals surface area contributed by atoms with Crippen LogP contribution in [0.3, 0.4) is 0 Å². The molecular formula is C20H25NO2S. The Bertz CT molecular complexity index is 672. The number of amides is 1. The van der Waals surface area contributed by atoms with Crippen LogP contribution in [0.1, 0.15) is 33.6 Å². The predicted octanol–water partition coefficient (Wildman–Crippen LogP) is 4.97. The monoisotopic (exact) mass is 343 g/mol. The number of nitrogens with zero attached hydrogens (tertiary/aromatic N) is 1. The fourth-order valence-electron chi connectivity index (χ4n) is 3.12. The number of benzene rings is 1. The number of rotatable bonds is 4. The van der Waals surface area contributed by atoms with E-state index >= 15 is 0 Å². The largest absolute Gasteiger partial charge is 0.368 e. The molecule has 4 heteroatoms. The van der Waals surface area contributed by atoms with Crippen molar-refractivity contribution in [3.63, 3.8) is 0 Å². The zero-order chi connectivity index (χ0) is 17.1. The van der Waals surface area contributed by atoms with E-state index in [0.717, 1.165) is 18.5 Å². The number of anilines is 1. The van der Waals surface area contributed by atoms with Crippen molar-refractivity contribution in [1.82, 2.24) is 0 Å². The minimum atomic E-state index is -0.302. The summed E-state index contributed by atoms with van der Waals surface area (Å²) in [6, 6.07) is 12.5. The molecule has 1 fully saturated rings. The molecule has 0 bridgehead atoms. The van der Waals surface area contributed by atoms with Crippen LogP contribution in [0.5, 0.6) is 0 Å². The van der Waals surface area contributed by atoms with Gasteiger partial charge < -0.3 is 9.64 Å². The average molecular weight is 343 g/mol. The molecule has 0 unspecified atom stereocenters. The van der Waals surface area contributed by atoms with Gasteiger partial charge in [-0.25, -0.2) is 0 Å². The van der Waals surface area contributed by atoms with Crippen LogP contribution in [0.25, 0.3) is 10.4 Å². The van der Waals surface area contributed by atoms with Gasteiger partial charge in [0.1, 0.15) is 6.10 Å². The van der Waals surface area contributed by atoms with Gasteiger partial charge in [-0.05, 0) is 44.2 Å². The quantitative estimate of drug-likeness (QED) is 0.784. The Labute approximate surface area is 148 Å². The molecule has 1 aliphatic rings. The number of carbonyl (C=O) groups is 1. The molecule has 1 saturated heterocycles. The van der Waals surface area contributed by atoms with Crippen LogP contribution in [0, 0.1) is 5.92 Å². The van der Waals surface area contributed by atoms with Crippen molar-refractivity contribution in [1.29, 1.82) is 0 Å². The van der Waals surface area contributed by atoms with E-state index in [1.807, 2.05) is 23.1 Å². The first-order valence-corrected chi connectivity index (χ1v) is 9.53. The molecular weight excluding hydrogens is 318 g/mol. The predicted molar refractivity (Wildman–Crippen MR) is 101 cm³/mol. The summed E-state index contributed by atoms with van der Waals surface area (Å²) in [5.74, 6) is 0.640. The van der Waals surface area contributed by atoms with Crippen LogP contribution in [-0.2, 0) is 9.53 Å². The lowest BCUT2D eigenvalue weighted by molar-refractivity contribution is -0.134. The summed E-state index contributed by atoms with van der Waals surface area (Å²) in [5.41, 5.74) is 2.16. The molecule has 1 aliphatic heterocycles. The first kappa shape index (κ1) is 17.2. The highest BCUT2D eigenvalue weighted by atomic mass is 32.1. The van der Waals surface area contributed by atoms with E-state index in [0.29, 0.717) is 12.5 Å². The molecule has 0 saturated carbocycles. The third-order valence-electron chi connectivity index (χ3n) is 4.45. The van der Waals surface area contributed by atoms with Crippen molar-refractivity contribution in [3.8, 4) is 10.4 Å². The van der Waals surface area contributed by atoms with Gasteiger partial charge in [-0.1, -0.05) is 37.3 Å². The molecule has 0 N–H and O–H groups in total. The molecule has 0 aliphatic carbocycles. The van der Waals surface area contributed by atoms with E-state index in [1.54, 1.807) is 11.3 Å². The Hall–Kier alpha value is -1.65. The van der Waals surface area contributed by atoms with Crippen molar-refractivity contribution in [2.24, 2.45) is 5.92 Å². The summed E-state index contributed by atoms with van der Waals surface area (Å²) in [6.07, 6.45) is 1.57. The van der Waals surface area contributed by atoms with Gasteiger partial charge in [0, 0.05) is 16.3 Å². The molecule has 2 atom stereocenters. The van der Waals surface area contributed by atoms with E-state index in [1.165, 1.54) is 10.4 Å². The third kappa shape index (κ3) is 3.70. The Morgan fingerprint density at radius 3 is 2.62 bits per heavy atom. The molecule has 0 radical (unpaired) electrons. The Balaban J connectivity index is 1.81. The summed E-state index contributed by atoms with van der Waals surface area (Å²) >= 11 is 1.68. The summed E-state index contributed by atoms with van der Waals surface area (Å²) in [7, 11) is 0. The van der Waals surface area contributed by atoms with Crippen molar-refractivity contribution in [3.05, 3.63) is 41.8 Å². The summed E-state index contributed by atoms with van der Waals surface area (Å²) in [6.45, 7) is 6.97. The van der Waals surface area contributed by atoms with Gasteiger partial charge in [0.25, 0.3) is 5.91 Å². The van der Waals surface area contributed by atoms with Crippen LogP contribution in [0.4, 0.5) is 5.69 Å². The summed E-state index contributed by atoms with van der Waals surface area (Å²) < 4.78 is 5.81. The molecule has 128 valence electrons. The van der Waals surface area contributed by atoms with Crippen molar-refractivity contribution in [2.75, 3.05) is 11.5 Å². The highest BCUT2D eigenvalue weighted by molar-refractivity contribution is 7.14. The maximum absolute atomic E-state index is 13.0. The third-order valence-corrected chi connectivity index (χ3v) is 5.42. The van der Waals surface area contributed by atoms with E-state index in [9.17, 15) is 4.79 Å². The molecule has 24 heavy (non-hydrogen) atoms. The van der Waals surface area contributed by atoms with E-state index in [-0.39, 0.29) is 18.1 Å². The molecule has 2 aromatic rings. The van der Waals surface area contributed by atoms with Gasteiger partial charge in [-0.15, -0.1) is 11.3 Å². The highest BCUT2D eigenvalue weighted by Gasteiger charge is 2.31. The molecule has 1 aromatic heterocycles. The van der Waals surface area contributed by atoms with Gasteiger partial charge in [0.2, 0.25) is 0 Å². The normalized spacial score (nSPS) is 21.0. The van der Waals surface area contributed by atoms with Crippen LogP contribution >= 0.6 is 11.3 Å². The van der Waals surface area contributed by atoms with Crippen LogP contribution < -0.4 is 4.90 Å². The van der Waals surface area contributed by atoms with Crippen molar-refractivity contribution in [2.45, 2.75) is 45.8 Å². The number of ether oxygens (including phenoxy) is 1. The van der Waals surface area contributed by atoms with Crippen LogP contribution in [-0.4, -0.2) is 24.7 Å². The topological polar surface area (TPSA) is 29.5 Å². The fraction of sp³-hybridized carbons (Fsp3) is 0.450. The first-order chi connectivity index (χ1) is 11.6. The Morgan fingerprint density at radius 2 is 2.00 bits per heavy atom. The molecule has 1 amide bonds. The van der Waals surface area contributed by atoms with Gasteiger partial charge >= 0.3 is 0 Å². The second kappa shape index (κ2) is 7.49.